The number of likely N-dealkylation sites (N-methyl/N-ethyl adjacent to an activating group) is 1. The predicted octanol–water partition coefficient (Wildman–Crippen LogP) is 1.93. The van der Waals surface area contributed by atoms with E-state index in [4.69, 9.17) is 5.73 Å². The van der Waals surface area contributed by atoms with Gasteiger partial charge in [-0.05, 0) is 36.5 Å². The van der Waals surface area contributed by atoms with Crippen LogP contribution in [0.4, 0.5) is 0 Å². The van der Waals surface area contributed by atoms with E-state index in [2.05, 4.69) is 0 Å². The first-order chi connectivity index (χ1) is 8.09. The molecule has 2 rings (SSSR count). The summed E-state index contributed by atoms with van der Waals surface area (Å²) < 4.78 is 0. The molecule has 0 saturated heterocycles. The smallest absolute Gasteiger partial charge is 0.239 e. The highest BCUT2D eigenvalue weighted by atomic mass is 16.1. The summed E-state index contributed by atoms with van der Waals surface area (Å²) in [5.74, 6) is -0.328. The molecule has 0 radical (unpaired) electrons. The molecule has 0 aliphatic rings. The van der Waals surface area contributed by atoms with E-state index in [-0.39, 0.29) is 11.9 Å². The first-order valence-corrected chi connectivity index (χ1v) is 5.54. The summed E-state index contributed by atoms with van der Waals surface area (Å²) in [6.07, 6.45) is 0. The van der Waals surface area contributed by atoms with Crippen LogP contribution >= 0.6 is 0 Å². The van der Waals surface area contributed by atoms with E-state index in [1.54, 1.807) is 0 Å². The van der Waals surface area contributed by atoms with Gasteiger partial charge in [-0.3, -0.25) is 9.69 Å². The van der Waals surface area contributed by atoms with Crippen LogP contribution in [0, 0.1) is 0 Å². The number of carbonyl (C=O) groups excluding carboxylic acids is 1. The van der Waals surface area contributed by atoms with Gasteiger partial charge in [0.05, 0.1) is 0 Å². The molecule has 2 N–H and O–H groups in total. The highest BCUT2D eigenvalue weighted by Gasteiger charge is 2.19. The molecule has 2 aromatic rings. The molecule has 0 saturated carbocycles. The number of nitrogens with two attached hydrogens (primary N) is 1. The summed E-state index contributed by atoms with van der Waals surface area (Å²) in [5.41, 5.74) is 6.36. The number of benzene rings is 2. The van der Waals surface area contributed by atoms with Gasteiger partial charge in [-0.2, -0.15) is 0 Å². The lowest BCUT2D eigenvalue weighted by molar-refractivity contribution is -0.122. The molecule has 1 unspecified atom stereocenters. The van der Waals surface area contributed by atoms with Gasteiger partial charge in [-0.25, -0.2) is 0 Å². The second-order valence-corrected chi connectivity index (χ2v) is 4.38. The minimum atomic E-state index is -0.375. The molecule has 0 spiro atoms. The molecule has 0 fully saturated rings. The first kappa shape index (κ1) is 11.6. The van der Waals surface area contributed by atoms with Gasteiger partial charge < -0.3 is 5.73 Å². The molecule has 1 atom stereocenters. The summed E-state index contributed by atoms with van der Waals surface area (Å²) in [4.78, 5) is 13.3. The molecule has 3 heteroatoms. The zero-order valence-electron chi connectivity index (χ0n) is 10.1. The van der Waals surface area contributed by atoms with E-state index in [1.807, 2.05) is 61.5 Å². The van der Waals surface area contributed by atoms with Crippen LogP contribution in [0.1, 0.15) is 11.6 Å². The van der Waals surface area contributed by atoms with Crippen LogP contribution < -0.4 is 5.73 Å². The number of nitrogens with zero attached hydrogens (tertiary/aromatic N) is 1. The first-order valence-electron chi connectivity index (χ1n) is 5.54. The Labute approximate surface area is 101 Å². The quantitative estimate of drug-likeness (QED) is 0.872. The van der Waals surface area contributed by atoms with Crippen molar-refractivity contribution in [1.82, 2.24) is 4.90 Å². The fraction of sp³-hybridized carbons (Fsp3) is 0.214. The van der Waals surface area contributed by atoms with Gasteiger partial charge in [0.1, 0.15) is 6.04 Å². The Morgan fingerprint density at radius 3 is 2.35 bits per heavy atom. The van der Waals surface area contributed by atoms with Crippen molar-refractivity contribution >= 4 is 16.7 Å². The summed E-state index contributed by atoms with van der Waals surface area (Å²) in [6.45, 7) is 0. The third-order valence-corrected chi connectivity index (χ3v) is 2.88. The maximum absolute atomic E-state index is 11.5. The van der Waals surface area contributed by atoms with Crippen LogP contribution in [0.2, 0.25) is 0 Å². The number of rotatable bonds is 3. The van der Waals surface area contributed by atoms with Gasteiger partial charge in [0.15, 0.2) is 0 Å². The van der Waals surface area contributed by atoms with Crippen molar-refractivity contribution in [2.24, 2.45) is 5.73 Å². The highest BCUT2D eigenvalue weighted by molar-refractivity contribution is 5.86. The van der Waals surface area contributed by atoms with E-state index >= 15 is 0 Å². The van der Waals surface area contributed by atoms with Gasteiger partial charge in [0, 0.05) is 0 Å². The summed E-state index contributed by atoms with van der Waals surface area (Å²) in [6, 6.07) is 13.7. The Morgan fingerprint density at radius 1 is 1.12 bits per heavy atom. The largest absolute Gasteiger partial charge is 0.368 e. The summed E-state index contributed by atoms with van der Waals surface area (Å²) >= 11 is 0. The molecular weight excluding hydrogens is 212 g/mol. The third-order valence-electron chi connectivity index (χ3n) is 2.88. The number of primary amides is 1. The average Bonchev–Trinajstić information content (AvgIpc) is 2.28. The lowest BCUT2D eigenvalue weighted by Gasteiger charge is -2.21. The monoisotopic (exact) mass is 228 g/mol. The van der Waals surface area contributed by atoms with Gasteiger partial charge in [0.25, 0.3) is 0 Å². The van der Waals surface area contributed by atoms with Crippen molar-refractivity contribution in [3.05, 3.63) is 48.0 Å². The van der Waals surface area contributed by atoms with Crippen molar-refractivity contribution in [2.45, 2.75) is 6.04 Å². The molecule has 1 amide bonds. The molecule has 0 heterocycles. The maximum atomic E-state index is 11.5. The summed E-state index contributed by atoms with van der Waals surface area (Å²) in [5, 5.41) is 2.29. The fourth-order valence-electron chi connectivity index (χ4n) is 2.09. The van der Waals surface area contributed by atoms with Crippen LogP contribution in [0.3, 0.4) is 0 Å². The number of hydrogen-bond acceptors (Lipinski definition) is 2. The van der Waals surface area contributed by atoms with Gasteiger partial charge >= 0.3 is 0 Å². The van der Waals surface area contributed by atoms with Crippen molar-refractivity contribution in [1.29, 1.82) is 0 Å². The van der Waals surface area contributed by atoms with Gasteiger partial charge in [0.2, 0.25) is 5.91 Å². The van der Waals surface area contributed by atoms with E-state index in [9.17, 15) is 4.79 Å². The number of amides is 1. The summed E-state index contributed by atoms with van der Waals surface area (Å²) in [7, 11) is 3.70. The Balaban J connectivity index is 2.51. The Hall–Kier alpha value is -1.87. The Bertz CT molecular complexity index is 549. The molecule has 17 heavy (non-hydrogen) atoms. The zero-order valence-corrected chi connectivity index (χ0v) is 10.1. The normalized spacial score (nSPS) is 12.9. The van der Waals surface area contributed by atoms with E-state index in [0.717, 1.165) is 10.9 Å². The van der Waals surface area contributed by atoms with E-state index in [0.29, 0.717) is 0 Å². The van der Waals surface area contributed by atoms with E-state index in [1.165, 1.54) is 5.39 Å². The second-order valence-electron chi connectivity index (χ2n) is 4.38. The zero-order chi connectivity index (χ0) is 12.4. The fourth-order valence-corrected chi connectivity index (χ4v) is 2.09. The molecular formula is C14H16N2O. The lowest BCUT2D eigenvalue weighted by Crippen LogP contribution is -2.32. The van der Waals surface area contributed by atoms with Crippen molar-refractivity contribution in [3.63, 3.8) is 0 Å². The molecule has 0 aromatic heterocycles. The van der Waals surface area contributed by atoms with Crippen molar-refractivity contribution in [2.75, 3.05) is 14.1 Å². The van der Waals surface area contributed by atoms with Crippen molar-refractivity contribution in [3.8, 4) is 0 Å². The SMILES string of the molecule is CN(C)C(C(N)=O)c1ccc2ccccc2c1. The number of fused-ring (bicyclic) bond motifs is 1. The standard InChI is InChI=1S/C14H16N2O/c1-16(2)13(14(15)17)12-8-7-10-5-3-4-6-11(10)9-12/h3-9,13H,1-2H3,(H2,15,17). The number of carbonyl (C=O) groups is 1. The third kappa shape index (κ3) is 2.29. The van der Waals surface area contributed by atoms with Crippen LogP contribution in [-0.4, -0.2) is 24.9 Å². The minimum absolute atomic E-state index is 0.328. The predicted molar refractivity (Wildman–Crippen MR) is 69.6 cm³/mol. The maximum Gasteiger partial charge on any atom is 0.239 e. The molecule has 0 bridgehead atoms. The van der Waals surface area contributed by atoms with Crippen LogP contribution in [-0.2, 0) is 4.79 Å². The topological polar surface area (TPSA) is 46.3 Å². The van der Waals surface area contributed by atoms with Gasteiger partial charge in [-0.1, -0.05) is 36.4 Å². The van der Waals surface area contributed by atoms with Crippen molar-refractivity contribution < 1.29 is 4.79 Å². The molecule has 0 aliphatic heterocycles. The number of hydrogen-bond donors (Lipinski definition) is 1. The second kappa shape index (κ2) is 4.55. The lowest BCUT2D eigenvalue weighted by atomic mass is 10.0. The molecule has 2 aromatic carbocycles. The van der Waals surface area contributed by atoms with Gasteiger partial charge in [-0.15, -0.1) is 0 Å². The average molecular weight is 228 g/mol. The minimum Gasteiger partial charge on any atom is -0.368 e. The van der Waals surface area contributed by atoms with Crippen LogP contribution in [0.5, 0.6) is 0 Å². The molecule has 0 aliphatic carbocycles. The highest BCUT2D eigenvalue weighted by Crippen LogP contribution is 2.22. The Morgan fingerprint density at radius 2 is 1.76 bits per heavy atom. The molecule has 3 nitrogen and oxygen atoms in total. The van der Waals surface area contributed by atoms with E-state index < -0.39 is 0 Å². The molecule has 88 valence electrons. The van der Waals surface area contributed by atoms with Crippen LogP contribution in [0.25, 0.3) is 10.8 Å². The Kier molecular flexibility index (Phi) is 3.11. The van der Waals surface area contributed by atoms with Crippen LogP contribution in [0.15, 0.2) is 42.5 Å².